The van der Waals surface area contributed by atoms with E-state index in [9.17, 15) is 5.11 Å². The van der Waals surface area contributed by atoms with Crippen LogP contribution in [0.4, 0.5) is 5.69 Å². The van der Waals surface area contributed by atoms with Crippen LogP contribution in [0.3, 0.4) is 0 Å². The molecule has 1 aliphatic rings. The number of ether oxygens (including phenoxy) is 1. The van der Waals surface area contributed by atoms with E-state index in [2.05, 4.69) is 10.1 Å². The first-order valence-corrected chi connectivity index (χ1v) is 6.65. The molecule has 0 amide bonds. The van der Waals surface area contributed by atoms with Gasteiger partial charge in [-0.3, -0.25) is 0 Å². The SMILES string of the molecule is CC1(c2noc(-c3ccc(N)cc3O)n2)CCCCO1. The van der Waals surface area contributed by atoms with E-state index in [0.29, 0.717) is 23.7 Å². The molecule has 3 N–H and O–H groups in total. The molecule has 2 aromatic rings. The third-order valence-electron chi connectivity index (χ3n) is 3.62. The first kappa shape index (κ1) is 12.9. The van der Waals surface area contributed by atoms with Gasteiger partial charge in [0.2, 0.25) is 5.82 Å². The van der Waals surface area contributed by atoms with E-state index in [1.807, 2.05) is 6.92 Å². The van der Waals surface area contributed by atoms with Crippen molar-refractivity contribution in [2.75, 3.05) is 12.3 Å². The van der Waals surface area contributed by atoms with Gasteiger partial charge in [0.05, 0.1) is 5.56 Å². The van der Waals surface area contributed by atoms with E-state index in [0.717, 1.165) is 19.3 Å². The van der Waals surface area contributed by atoms with Crippen molar-refractivity contribution >= 4 is 5.69 Å². The predicted molar refractivity (Wildman–Crippen MR) is 73.0 cm³/mol. The lowest BCUT2D eigenvalue weighted by molar-refractivity contribution is -0.0770. The van der Waals surface area contributed by atoms with Crippen LogP contribution in [-0.4, -0.2) is 21.9 Å². The molecule has 0 spiro atoms. The molecule has 106 valence electrons. The molecule has 20 heavy (non-hydrogen) atoms. The Hall–Kier alpha value is -2.08. The van der Waals surface area contributed by atoms with E-state index in [4.69, 9.17) is 15.0 Å². The minimum Gasteiger partial charge on any atom is -0.507 e. The van der Waals surface area contributed by atoms with Crippen molar-refractivity contribution in [1.29, 1.82) is 0 Å². The Bertz CT molecular complexity index is 618. The summed E-state index contributed by atoms with van der Waals surface area (Å²) < 4.78 is 11.0. The molecule has 3 rings (SSSR count). The maximum absolute atomic E-state index is 9.89. The normalized spacial score (nSPS) is 22.9. The maximum atomic E-state index is 9.89. The lowest BCUT2D eigenvalue weighted by atomic mass is 9.95. The summed E-state index contributed by atoms with van der Waals surface area (Å²) in [6, 6.07) is 4.79. The summed E-state index contributed by atoms with van der Waals surface area (Å²) in [7, 11) is 0. The smallest absolute Gasteiger partial charge is 0.261 e. The zero-order valence-electron chi connectivity index (χ0n) is 11.3. The molecule has 0 aliphatic carbocycles. The number of nitrogen functional groups attached to an aromatic ring is 1. The van der Waals surface area contributed by atoms with Crippen molar-refractivity contribution in [3.8, 4) is 17.2 Å². The van der Waals surface area contributed by atoms with Crippen LogP contribution in [0.5, 0.6) is 5.75 Å². The van der Waals surface area contributed by atoms with Gasteiger partial charge in [0.25, 0.3) is 5.89 Å². The molecule has 0 radical (unpaired) electrons. The summed E-state index contributed by atoms with van der Waals surface area (Å²) in [6.45, 7) is 2.66. The number of aromatic hydroxyl groups is 1. The zero-order valence-corrected chi connectivity index (χ0v) is 11.3. The summed E-state index contributed by atoms with van der Waals surface area (Å²) in [5.74, 6) is 0.811. The Morgan fingerprint density at radius 1 is 1.35 bits per heavy atom. The molecule has 0 saturated carbocycles. The largest absolute Gasteiger partial charge is 0.507 e. The number of hydrogen-bond donors (Lipinski definition) is 2. The number of hydrogen-bond acceptors (Lipinski definition) is 6. The lowest BCUT2D eigenvalue weighted by Crippen LogP contribution is -2.31. The third kappa shape index (κ3) is 2.22. The molecule has 1 saturated heterocycles. The molecule has 2 heterocycles. The number of phenolic OH excluding ortho intramolecular Hbond substituents is 1. The van der Waals surface area contributed by atoms with E-state index >= 15 is 0 Å². The monoisotopic (exact) mass is 275 g/mol. The van der Waals surface area contributed by atoms with E-state index < -0.39 is 5.60 Å². The first-order valence-electron chi connectivity index (χ1n) is 6.65. The van der Waals surface area contributed by atoms with Crippen molar-refractivity contribution in [1.82, 2.24) is 10.1 Å². The van der Waals surface area contributed by atoms with Gasteiger partial charge in [-0.25, -0.2) is 0 Å². The number of nitrogens with zero attached hydrogens (tertiary/aromatic N) is 2. The van der Waals surface area contributed by atoms with Crippen LogP contribution in [0.2, 0.25) is 0 Å². The predicted octanol–water partition coefficient (Wildman–Crippen LogP) is 2.44. The van der Waals surface area contributed by atoms with Gasteiger partial charge in [0, 0.05) is 18.4 Å². The number of benzene rings is 1. The topological polar surface area (TPSA) is 94.4 Å². The molecular weight excluding hydrogens is 258 g/mol. The van der Waals surface area contributed by atoms with E-state index in [1.165, 1.54) is 6.07 Å². The highest BCUT2D eigenvalue weighted by atomic mass is 16.5. The van der Waals surface area contributed by atoms with Gasteiger partial charge >= 0.3 is 0 Å². The quantitative estimate of drug-likeness (QED) is 0.817. The van der Waals surface area contributed by atoms with Crippen LogP contribution in [0, 0.1) is 0 Å². The summed E-state index contributed by atoms with van der Waals surface area (Å²) in [6.07, 6.45) is 2.99. The van der Waals surface area contributed by atoms with Crippen molar-refractivity contribution in [2.24, 2.45) is 0 Å². The summed E-state index contributed by atoms with van der Waals surface area (Å²) in [4.78, 5) is 4.36. The number of aromatic nitrogens is 2. The highest BCUT2D eigenvalue weighted by molar-refractivity contribution is 5.66. The van der Waals surface area contributed by atoms with Gasteiger partial charge in [-0.15, -0.1) is 0 Å². The van der Waals surface area contributed by atoms with Gasteiger partial charge in [-0.05, 0) is 38.3 Å². The standard InChI is InChI=1S/C14H17N3O3/c1-14(6-2-3-7-19-14)13-16-12(20-17-13)10-5-4-9(15)8-11(10)18/h4-5,8,18H,2-3,6-7,15H2,1H3. The maximum Gasteiger partial charge on any atom is 0.261 e. The molecule has 1 fully saturated rings. The molecular formula is C14H17N3O3. The first-order chi connectivity index (χ1) is 9.58. The zero-order chi connectivity index (χ0) is 14.2. The van der Waals surface area contributed by atoms with Crippen LogP contribution in [0.25, 0.3) is 11.5 Å². The van der Waals surface area contributed by atoms with E-state index in [1.54, 1.807) is 12.1 Å². The molecule has 6 nitrogen and oxygen atoms in total. The second-order valence-corrected chi connectivity index (χ2v) is 5.24. The summed E-state index contributed by atoms with van der Waals surface area (Å²) in [5, 5.41) is 13.9. The van der Waals surface area contributed by atoms with Gasteiger partial charge < -0.3 is 20.1 Å². The third-order valence-corrected chi connectivity index (χ3v) is 3.62. The highest BCUT2D eigenvalue weighted by Gasteiger charge is 2.35. The van der Waals surface area contributed by atoms with Crippen molar-refractivity contribution in [3.05, 3.63) is 24.0 Å². The van der Waals surface area contributed by atoms with Crippen molar-refractivity contribution in [2.45, 2.75) is 31.8 Å². The van der Waals surface area contributed by atoms with Gasteiger partial charge in [0.15, 0.2) is 0 Å². The van der Waals surface area contributed by atoms with Crippen LogP contribution in [0.1, 0.15) is 32.0 Å². The average molecular weight is 275 g/mol. The van der Waals surface area contributed by atoms with Crippen LogP contribution in [-0.2, 0) is 10.3 Å². The van der Waals surface area contributed by atoms with Crippen molar-refractivity contribution < 1.29 is 14.4 Å². The number of rotatable bonds is 2. The fraction of sp³-hybridized carbons (Fsp3) is 0.429. The Morgan fingerprint density at radius 3 is 2.90 bits per heavy atom. The van der Waals surface area contributed by atoms with Crippen LogP contribution >= 0.6 is 0 Å². The molecule has 0 bridgehead atoms. The molecule has 6 heteroatoms. The van der Waals surface area contributed by atoms with Gasteiger partial charge in [-0.2, -0.15) is 4.98 Å². The second kappa shape index (κ2) is 4.79. The second-order valence-electron chi connectivity index (χ2n) is 5.24. The van der Waals surface area contributed by atoms with Gasteiger partial charge in [0.1, 0.15) is 11.4 Å². The number of nitrogens with two attached hydrogens (primary N) is 1. The Balaban J connectivity index is 1.93. The summed E-state index contributed by atoms with van der Waals surface area (Å²) >= 11 is 0. The Labute approximate surface area is 116 Å². The highest BCUT2D eigenvalue weighted by Crippen LogP contribution is 2.35. The van der Waals surface area contributed by atoms with Crippen LogP contribution in [0.15, 0.2) is 22.7 Å². The molecule has 1 aromatic carbocycles. The minimum absolute atomic E-state index is 0.0231. The van der Waals surface area contributed by atoms with Crippen molar-refractivity contribution in [3.63, 3.8) is 0 Å². The van der Waals surface area contributed by atoms with Crippen LogP contribution < -0.4 is 5.73 Å². The summed E-state index contributed by atoms with van der Waals surface area (Å²) in [5.41, 5.74) is 6.04. The molecule has 1 aromatic heterocycles. The fourth-order valence-corrected chi connectivity index (χ4v) is 2.39. The minimum atomic E-state index is -0.510. The molecule has 1 atom stereocenters. The number of anilines is 1. The van der Waals surface area contributed by atoms with Gasteiger partial charge in [-0.1, -0.05) is 5.16 Å². The number of phenols is 1. The Kier molecular flexibility index (Phi) is 3.10. The van der Waals surface area contributed by atoms with E-state index in [-0.39, 0.29) is 11.6 Å². The molecule has 1 unspecified atom stereocenters. The fourth-order valence-electron chi connectivity index (χ4n) is 2.39. The average Bonchev–Trinajstić information content (AvgIpc) is 2.90. The Morgan fingerprint density at radius 2 is 2.20 bits per heavy atom. The lowest BCUT2D eigenvalue weighted by Gasteiger charge is -2.30. The molecule has 1 aliphatic heterocycles.